The Morgan fingerprint density at radius 1 is 1.20 bits per heavy atom. The van der Waals surface area contributed by atoms with Gasteiger partial charge in [-0.25, -0.2) is 0 Å². The number of hydrogen-bond donors (Lipinski definition) is 1. The highest BCUT2D eigenvalue weighted by Gasteiger charge is 2.33. The molecular weight excluding hydrogens is 395 g/mol. The lowest BCUT2D eigenvalue weighted by molar-refractivity contribution is -0.137. The van der Waals surface area contributed by atoms with E-state index < -0.39 is 11.7 Å². The molecule has 9 heteroatoms. The molecule has 1 amide bonds. The maximum atomic E-state index is 12.9. The summed E-state index contributed by atoms with van der Waals surface area (Å²) in [6.45, 7) is 1.84. The summed E-state index contributed by atoms with van der Waals surface area (Å²) < 4.78 is 38.7. The third kappa shape index (κ3) is 4.67. The Morgan fingerprint density at radius 2 is 1.93 bits per heavy atom. The number of nitrogens with zero attached hydrogens (tertiary/aromatic N) is 4. The molecule has 1 N–H and O–H groups in total. The van der Waals surface area contributed by atoms with Crippen molar-refractivity contribution >= 4 is 5.91 Å². The Labute approximate surface area is 171 Å². The van der Waals surface area contributed by atoms with Crippen LogP contribution in [0.5, 0.6) is 0 Å². The van der Waals surface area contributed by atoms with Gasteiger partial charge in [-0.1, -0.05) is 42.0 Å². The summed E-state index contributed by atoms with van der Waals surface area (Å²) in [5.41, 5.74) is 1.59. The van der Waals surface area contributed by atoms with Crippen molar-refractivity contribution in [3.05, 3.63) is 65.2 Å². The fraction of sp³-hybridized carbons (Fsp3) is 0.333. The van der Waals surface area contributed by atoms with Crippen molar-refractivity contribution < 1.29 is 18.0 Å². The van der Waals surface area contributed by atoms with E-state index in [1.54, 1.807) is 0 Å². The molecule has 1 fully saturated rings. The first-order valence-corrected chi connectivity index (χ1v) is 9.61. The van der Waals surface area contributed by atoms with Gasteiger partial charge in [0.25, 0.3) is 0 Å². The second kappa shape index (κ2) is 7.89. The number of aryl methyl sites for hydroxylation is 1. The number of rotatable bonds is 6. The van der Waals surface area contributed by atoms with Crippen molar-refractivity contribution in [3.8, 4) is 11.4 Å². The Balaban J connectivity index is 1.44. The molecule has 6 nitrogen and oxygen atoms in total. The zero-order valence-electron chi connectivity index (χ0n) is 16.2. The van der Waals surface area contributed by atoms with Crippen molar-refractivity contribution in [3.63, 3.8) is 0 Å². The van der Waals surface area contributed by atoms with Gasteiger partial charge >= 0.3 is 6.18 Å². The molecule has 1 unspecified atom stereocenters. The molecule has 2 aromatic carbocycles. The number of tetrazole rings is 1. The highest BCUT2D eigenvalue weighted by Crippen LogP contribution is 2.41. The number of hydrogen-bond acceptors (Lipinski definition) is 4. The molecule has 0 bridgehead atoms. The van der Waals surface area contributed by atoms with E-state index >= 15 is 0 Å². The van der Waals surface area contributed by atoms with Crippen molar-refractivity contribution in [2.75, 3.05) is 0 Å². The summed E-state index contributed by atoms with van der Waals surface area (Å²) >= 11 is 0. The first kappa shape index (κ1) is 20.1. The third-order valence-corrected chi connectivity index (χ3v) is 5.03. The number of carbonyl (C=O) groups is 1. The number of carbonyl (C=O) groups excluding carboxylic acids is 1. The monoisotopic (exact) mass is 415 g/mol. The van der Waals surface area contributed by atoms with Gasteiger partial charge in [0, 0.05) is 5.56 Å². The average Bonchev–Trinajstić information content (AvgIpc) is 3.45. The van der Waals surface area contributed by atoms with Crippen molar-refractivity contribution in [2.24, 2.45) is 5.92 Å². The summed E-state index contributed by atoms with van der Waals surface area (Å²) in [7, 11) is 0. The van der Waals surface area contributed by atoms with Crippen LogP contribution in [0.4, 0.5) is 13.2 Å². The van der Waals surface area contributed by atoms with Gasteiger partial charge in [-0.2, -0.15) is 18.0 Å². The van der Waals surface area contributed by atoms with Gasteiger partial charge in [-0.05, 0) is 48.6 Å². The fourth-order valence-corrected chi connectivity index (χ4v) is 3.28. The smallest absolute Gasteiger partial charge is 0.347 e. The summed E-state index contributed by atoms with van der Waals surface area (Å²) in [6.07, 6.45) is -2.35. The summed E-state index contributed by atoms with van der Waals surface area (Å²) in [4.78, 5) is 13.6. The predicted octanol–water partition coefficient (Wildman–Crippen LogP) is 3.93. The van der Waals surface area contributed by atoms with Crippen LogP contribution >= 0.6 is 0 Å². The topological polar surface area (TPSA) is 72.7 Å². The number of halogens is 3. The highest BCUT2D eigenvalue weighted by molar-refractivity contribution is 5.76. The zero-order chi connectivity index (χ0) is 21.3. The summed E-state index contributed by atoms with van der Waals surface area (Å²) in [5, 5.41) is 14.7. The second-order valence-corrected chi connectivity index (χ2v) is 7.52. The molecule has 1 saturated carbocycles. The van der Waals surface area contributed by atoms with E-state index in [4.69, 9.17) is 0 Å². The molecule has 0 saturated heterocycles. The second-order valence-electron chi connectivity index (χ2n) is 7.52. The molecule has 1 heterocycles. The molecule has 0 spiro atoms. The maximum absolute atomic E-state index is 12.9. The average molecular weight is 415 g/mol. The Bertz CT molecular complexity index is 1040. The minimum atomic E-state index is -4.46. The number of nitrogens with one attached hydrogen (secondary N) is 1. The first-order chi connectivity index (χ1) is 14.3. The number of alkyl halides is 3. The summed E-state index contributed by atoms with van der Waals surface area (Å²) in [6, 6.07) is 12.7. The van der Waals surface area contributed by atoms with Crippen LogP contribution in [0.25, 0.3) is 11.4 Å². The Morgan fingerprint density at radius 3 is 2.60 bits per heavy atom. The molecule has 1 atom stereocenters. The van der Waals surface area contributed by atoms with Gasteiger partial charge in [0.05, 0.1) is 11.6 Å². The van der Waals surface area contributed by atoms with Crippen molar-refractivity contribution in [1.82, 2.24) is 25.5 Å². The van der Waals surface area contributed by atoms with E-state index in [0.29, 0.717) is 5.92 Å². The standard InChI is InChI=1S/C21H20F3N5O/c1-13-5-7-14(8-6-13)19(15-9-10-15)25-18(30)12-29-27-20(26-28-29)16-3-2-4-17(11-16)21(22,23)24/h2-8,11,15,19H,9-10,12H2,1H3,(H,25,30). The normalized spacial score (nSPS) is 15.1. The molecular formula is C21H20F3N5O. The largest absolute Gasteiger partial charge is 0.416 e. The van der Waals surface area contributed by atoms with E-state index in [9.17, 15) is 18.0 Å². The third-order valence-electron chi connectivity index (χ3n) is 5.03. The molecule has 1 aliphatic rings. The lowest BCUT2D eigenvalue weighted by Gasteiger charge is -2.18. The van der Waals surface area contributed by atoms with Crippen LogP contribution in [0, 0.1) is 12.8 Å². The Hall–Kier alpha value is -3.23. The lowest BCUT2D eigenvalue weighted by Crippen LogP contribution is -2.33. The molecule has 1 aromatic heterocycles. The maximum Gasteiger partial charge on any atom is 0.416 e. The first-order valence-electron chi connectivity index (χ1n) is 9.61. The van der Waals surface area contributed by atoms with Gasteiger partial charge < -0.3 is 5.32 Å². The minimum absolute atomic E-state index is 0.0335. The molecule has 3 aromatic rings. The van der Waals surface area contributed by atoms with Crippen molar-refractivity contribution in [1.29, 1.82) is 0 Å². The highest BCUT2D eigenvalue weighted by atomic mass is 19.4. The van der Waals surface area contributed by atoms with E-state index in [0.717, 1.165) is 40.9 Å². The van der Waals surface area contributed by atoms with Crippen LogP contribution in [-0.2, 0) is 17.5 Å². The van der Waals surface area contributed by atoms with Crippen LogP contribution in [0.1, 0.15) is 35.6 Å². The van der Waals surface area contributed by atoms with Gasteiger partial charge in [0.2, 0.25) is 11.7 Å². The lowest BCUT2D eigenvalue weighted by atomic mass is 10.0. The van der Waals surface area contributed by atoms with Crippen LogP contribution in [0.3, 0.4) is 0 Å². The SMILES string of the molecule is Cc1ccc(C(NC(=O)Cn2nnc(-c3cccc(C(F)(F)F)c3)n2)C2CC2)cc1. The number of amides is 1. The number of benzene rings is 2. The zero-order valence-corrected chi connectivity index (χ0v) is 16.2. The van der Waals surface area contributed by atoms with Crippen LogP contribution < -0.4 is 5.32 Å². The van der Waals surface area contributed by atoms with Crippen molar-refractivity contribution in [2.45, 2.75) is 38.5 Å². The molecule has 0 radical (unpaired) electrons. The molecule has 0 aliphatic heterocycles. The van der Waals surface area contributed by atoms with E-state index in [-0.39, 0.29) is 29.9 Å². The predicted molar refractivity (Wildman–Crippen MR) is 103 cm³/mol. The van der Waals surface area contributed by atoms with Gasteiger partial charge in [-0.3, -0.25) is 4.79 Å². The molecule has 156 valence electrons. The van der Waals surface area contributed by atoms with Crippen LogP contribution in [-0.4, -0.2) is 26.1 Å². The van der Waals surface area contributed by atoms with E-state index in [2.05, 4.69) is 20.7 Å². The molecule has 1 aliphatic carbocycles. The van der Waals surface area contributed by atoms with Crippen LogP contribution in [0.15, 0.2) is 48.5 Å². The van der Waals surface area contributed by atoms with Gasteiger partial charge in [-0.15, -0.1) is 10.2 Å². The van der Waals surface area contributed by atoms with E-state index in [1.165, 1.54) is 12.1 Å². The fourth-order valence-electron chi connectivity index (χ4n) is 3.28. The van der Waals surface area contributed by atoms with Crippen LogP contribution in [0.2, 0.25) is 0 Å². The summed E-state index contributed by atoms with van der Waals surface area (Å²) in [5.74, 6) is 0.160. The molecule has 30 heavy (non-hydrogen) atoms. The molecule has 4 rings (SSSR count). The number of aromatic nitrogens is 4. The quantitative estimate of drug-likeness (QED) is 0.662. The van der Waals surface area contributed by atoms with Gasteiger partial charge in [0.1, 0.15) is 6.54 Å². The Kier molecular flexibility index (Phi) is 5.27. The van der Waals surface area contributed by atoms with E-state index in [1.807, 2.05) is 31.2 Å². The minimum Gasteiger partial charge on any atom is -0.347 e. The van der Waals surface area contributed by atoms with Gasteiger partial charge in [0.15, 0.2) is 0 Å².